The van der Waals surface area contributed by atoms with Crippen LogP contribution in [0.5, 0.6) is 5.75 Å². The third-order valence-electron chi connectivity index (χ3n) is 3.61. The van der Waals surface area contributed by atoms with Gasteiger partial charge in [0.15, 0.2) is 0 Å². The van der Waals surface area contributed by atoms with Gasteiger partial charge < -0.3 is 20.1 Å². The van der Waals surface area contributed by atoms with E-state index in [0.717, 1.165) is 37.4 Å². The lowest BCUT2D eigenvalue weighted by Crippen LogP contribution is -2.30. The molecule has 0 aliphatic carbocycles. The van der Waals surface area contributed by atoms with Crippen LogP contribution in [0.2, 0.25) is 0 Å². The van der Waals surface area contributed by atoms with Crippen molar-refractivity contribution >= 4 is 11.6 Å². The van der Waals surface area contributed by atoms with E-state index in [-0.39, 0.29) is 5.91 Å². The molecule has 0 aromatic heterocycles. The third kappa shape index (κ3) is 5.73. The van der Waals surface area contributed by atoms with E-state index in [4.69, 9.17) is 9.47 Å². The fraction of sp³-hybridized carbons (Fsp3) is 0.562. The van der Waals surface area contributed by atoms with Gasteiger partial charge >= 0.3 is 0 Å². The quantitative estimate of drug-likeness (QED) is 0.755. The van der Waals surface area contributed by atoms with Gasteiger partial charge in [-0.3, -0.25) is 4.79 Å². The van der Waals surface area contributed by atoms with Crippen molar-refractivity contribution in [3.63, 3.8) is 0 Å². The highest BCUT2D eigenvalue weighted by Crippen LogP contribution is 2.20. The van der Waals surface area contributed by atoms with Gasteiger partial charge in [-0.15, -0.1) is 0 Å². The van der Waals surface area contributed by atoms with E-state index in [1.54, 1.807) is 7.11 Å². The lowest BCUT2D eigenvalue weighted by molar-refractivity contribution is -0.117. The summed E-state index contributed by atoms with van der Waals surface area (Å²) in [6.07, 6.45) is 2.75. The number of ether oxygens (including phenoxy) is 2. The van der Waals surface area contributed by atoms with Gasteiger partial charge in [-0.2, -0.15) is 0 Å². The topological polar surface area (TPSA) is 59.6 Å². The Morgan fingerprint density at radius 3 is 2.90 bits per heavy atom. The van der Waals surface area contributed by atoms with E-state index in [0.29, 0.717) is 25.6 Å². The Morgan fingerprint density at radius 2 is 2.14 bits per heavy atom. The van der Waals surface area contributed by atoms with Crippen molar-refractivity contribution in [1.82, 2.24) is 5.32 Å². The van der Waals surface area contributed by atoms with Crippen molar-refractivity contribution in [2.45, 2.75) is 19.3 Å². The third-order valence-corrected chi connectivity index (χ3v) is 3.61. The average molecular weight is 292 g/mol. The molecule has 1 aliphatic rings. The SMILES string of the molecule is COCCOc1cccc(NC(=O)CC2CCNCC2)c1. The molecule has 0 radical (unpaired) electrons. The van der Waals surface area contributed by atoms with E-state index in [2.05, 4.69) is 10.6 Å². The summed E-state index contributed by atoms with van der Waals surface area (Å²) in [6.45, 7) is 3.08. The molecular weight excluding hydrogens is 268 g/mol. The molecule has 5 heteroatoms. The van der Waals surface area contributed by atoms with Crippen LogP contribution in [-0.4, -0.2) is 39.3 Å². The van der Waals surface area contributed by atoms with Crippen LogP contribution in [0.25, 0.3) is 0 Å². The number of rotatable bonds is 7. The summed E-state index contributed by atoms with van der Waals surface area (Å²) in [5.41, 5.74) is 0.781. The first-order chi connectivity index (χ1) is 10.3. The van der Waals surface area contributed by atoms with Gasteiger partial charge in [0.25, 0.3) is 0 Å². The van der Waals surface area contributed by atoms with Crippen molar-refractivity contribution in [2.24, 2.45) is 5.92 Å². The van der Waals surface area contributed by atoms with Crippen molar-refractivity contribution in [1.29, 1.82) is 0 Å². The summed E-state index contributed by atoms with van der Waals surface area (Å²) in [5, 5.41) is 6.26. The Hall–Kier alpha value is -1.59. The second kappa shape index (κ2) is 8.64. The molecule has 0 unspecified atom stereocenters. The van der Waals surface area contributed by atoms with Gasteiger partial charge in [-0.25, -0.2) is 0 Å². The second-order valence-electron chi connectivity index (χ2n) is 5.31. The van der Waals surface area contributed by atoms with Crippen LogP contribution in [0.3, 0.4) is 0 Å². The standard InChI is InChI=1S/C16H24N2O3/c1-20-9-10-21-15-4-2-3-14(12-15)18-16(19)11-13-5-7-17-8-6-13/h2-4,12-13,17H,5-11H2,1H3,(H,18,19). The molecule has 1 aliphatic heterocycles. The van der Waals surface area contributed by atoms with E-state index >= 15 is 0 Å². The highest BCUT2D eigenvalue weighted by atomic mass is 16.5. The lowest BCUT2D eigenvalue weighted by Gasteiger charge is -2.21. The Kier molecular flexibility index (Phi) is 6.50. The van der Waals surface area contributed by atoms with Gasteiger partial charge in [-0.1, -0.05) is 6.07 Å². The minimum Gasteiger partial charge on any atom is -0.491 e. The van der Waals surface area contributed by atoms with Crippen LogP contribution >= 0.6 is 0 Å². The van der Waals surface area contributed by atoms with E-state index in [9.17, 15) is 4.79 Å². The van der Waals surface area contributed by atoms with Crippen LogP contribution in [0.4, 0.5) is 5.69 Å². The Morgan fingerprint density at radius 1 is 1.33 bits per heavy atom. The maximum absolute atomic E-state index is 12.1. The van der Waals surface area contributed by atoms with Gasteiger partial charge in [-0.05, 0) is 44.0 Å². The van der Waals surface area contributed by atoms with Crippen LogP contribution in [0.1, 0.15) is 19.3 Å². The molecule has 1 amide bonds. The predicted octanol–water partition coefficient (Wildman–Crippen LogP) is 2.04. The number of benzene rings is 1. The largest absolute Gasteiger partial charge is 0.491 e. The van der Waals surface area contributed by atoms with Crippen molar-refractivity contribution in [3.05, 3.63) is 24.3 Å². The molecule has 2 rings (SSSR count). The number of carbonyl (C=O) groups is 1. The molecule has 21 heavy (non-hydrogen) atoms. The molecule has 2 N–H and O–H groups in total. The maximum atomic E-state index is 12.1. The number of nitrogens with one attached hydrogen (secondary N) is 2. The molecule has 5 nitrogen and oxygen atoms in total. The number of anilines is 1. The lowest BCUT2D eigenvalue weighted by atomic mass is 9.94. The van der Waals surface area contributed by atoms with Gasteiger partial charge in [0.05, 0.1) is 6.61 Å². The van der Waals surface area contributed by atoms with Crippen LogP contribution in [-0.2, 0) is 9.53 Å². The highest BCUT2D eigenvalue weighted by molar-refractivity contribution is 5.91. The van der Waals surface area contributed by atoms with E-state index in [1.165, 1.54) is 0 Å². The van der Waals surface area contributed by atoms with E-state index < -0.39 is 0 Å². The molecular formula is C16H24N2O3. The number of hydrogen-bond acceptors (Lipinski definition) is 4. The fourth-order valence-electron chi connectivity index (χ4n) is 2.47. The number of amides is 1. The van der Waals surface area contributed by atoms with Crippen LogP contribution < -0.4 is 15.4 Å². The summed E-state index contributed by atoms with van der Waals surface area (Å²) in [5.74, 6) is 1.31. The molecule has 0 spiro atoms. The predicted molar refractivity (Wildman–Crippen MR) is 82.7 cm³/mol. The molecule has 1 heterocycles. The Labute approximate surface area is 126 Å². The normalized spacial score (nSPS) is 15.7. The Balaban J connectivity index is 1.80. The molecule has 1 fully saturated rings. The molecule has 1 saturated heterocycles. The van der Waals surface area contributed by atoms with E-state index in [1.807, 2.05) is 24.3 Å². The van der Waals surface area contributed by atoms with Crippen LogP contribution in [0.15, 0.2) is 24.3 Å². The summed E-state index contributed by atoms with van der Waals surface area (Å²) in [6, 6.07) is 7.47. The minimum atomic E-state index is 0.0796. The van der Waals surface area contributed by atoms with Crippen molar-refractivity contribution in [2.75, 3.05) is 38.7 Å². The highest BCUT2D eigenvalue weighted by Gasteiger charge is 2.16. The maximum Gasteiger partial charge on any atom is 0.224 e. The van der Waals surface area contributed by atoms with Crippen molar-refractivity contribution in [3.8, 4) is 5.75 Å². The van der Waals surface area contributed by atoms with Gasteiger partial charge in [0.2, 0.25) is 5.91 Å². The van der Waals surface area contributed by atoms with Crippen molar-refractivity contribution < 1.29 is 14.3 Å². The minimum absolute atomic E-state index is 0.0796. The first kappa shape index (κ1) is 15.8. The fourth-order valence-corrected chi connectivity index (χ4v) is 2.47. The summed E-state index contributed by atoms with van der Waals surface area (Å²) in [7, 11) is 1.64. The van der Waals surface area contributed by atoms with Gasteiger partial charge in [0.1, 0.15) is 12.4 Å². The zero-order valence-electron chi connectivity index (χ0n) is 12.6. The molecule has 0 atom stereocenters. The first-order valence-electron chi connectivity index (χ1n) is 7.50. The number of hydrogen-bond donors (Lipinski definition) is 2. The number of methoxy groups -OCH3 is 1. The monoisotopic (exact) mass is 292 g/mol. The number of carbonyl (C=O) groups excluding carboxylic acids is 1. The zero-order valence-corrected chi connectivity index (χ0v) is 12.6. The summed E-state index contributed by atoms with van der Waals surface area (Å²) in [4.78, 5) is 12.1. The summed E-state index contributed by atoms with van der Waals surface area (Å²) < 4.78 is 10.5. The second-order valence-corrected chi connectivity index (χ2v) is 5.31. The molecule has 0 saturated carbocycles. The Bertz CT molecular complexity index is 445. The van der Waals surface area contributed by atoms with Gasteiger partial charge in [0, 0.05) is 25.3 Å². The van der Waals surface area contributed by atoms with Crippen LogP contribution in [0, 0.1) is 5.92 Å². The molecule has 116 valence electrons. The molecule has 1 aromatic rings. The summed E-state index contributed by atoms with van der Waals surface area (Å²) >= 11 is 0. The molecule has 1 aromatic carbocycles. The average Bonchev–Trinajstić information content (AvgIpc) is 2.49. The first-order valence-corrected chi connectivity index (χ1v) is 7.50. The number of piperidine rings is 1. The molecule has 0 bridgehead atoms. The smallest absolute Gasteiger partial charge is 0.224 e. The zero-order chi connectivity index (χ0) is 14.9.